The number of fused-ring (bicyclic) bond motifs is 1. The average Bonchev–Trinajstić information content (AvgIpc) is 2.12. The van der Waals surface area contributed by atoms with Gasteiger partial charge in [-0.15, -0.1) is 0 Å². The van der Waals surface area contributed by atoms with Gasteiger partial charge in [-0.1, -0.05) is 24.3 Å². The molecule has 1 atom stereocenters. The zero-order valence-corrected chi connectivity index (χ0v) is 8.39. The molecule has 0 aliphatic carbocycles. The van der Waals surface area contributed by atoms with Crippen molar-refractivity contribution in [3.05, 3.63) is 34.9 Å². The molecular formula is C12H15N. The van der Waals surface area contributed by atoms with E-state index in [4.69, 9.17) is 0 Å². The van der Waals surface area contributed by atoms with Crippen LogP contribution < -0.4 is 5.32 Å². The van der Waals surface area contributed by atoms with Crippen molar-refractivity contribution in [3.8, 4) is 0 Å². The highest BCUT2D eigenvalue weighted by atomic mass is 14.9. The van der Waals surface area contributed by atoms with Crippen LogP contribution in [0.3, 0.4) is 0 Å². The molecule has 68 valence electrons. The second-order valence-electron chi connectivity index (χ2n) is 3.78. The maximum Gasteiger partial charge on any atom is 0.0450 e. The first-order chi connectivity index (χ1) is 6.18. The van der Waals surface area contributed by atoms with Crippen LogP contribution in [0.15, 0.2) is 18.2 Å². The van der Waals surface area contributed by atoms with Crippen molar-refractivity contribution in [2.45, 2.75) is 26.8 Å². The van der Waals surface area contributed by atoms with Crippen molar-refractivity contribution in [2.24, 2.45) is 0 Å². The van der Waals surface area contributed by atoms with Gasteiger partial charge in [0.25, 0.3) is 0 Å². The molecule has 1 unspecified atom stereocenters. The summed E-state index contributed by atoms with van der Waals surface area (Å²) in [6.07, 6.45) is 4.42. The topological polar surface area (TPSA) is 12.0 Å². The van der Waals surface area contributed by atoms with Crippen LogP contribution in [0, 0.1) is 13.8 Å². The van der Waals surface area contributed by atoms with Gasteiger partial charge in [0.15, 0.2) is 0 Å². The molecular weight excluding hydrogens is 158 g/mol. The molecule has 0 spiro atoms. The van der Waals surface area contributed by atoms with Crippen LogP contribution in [-0.2, 0) is 0 Å². The van der Waals surface area contributed by atoms with Gasteiger partial charge in [0.05, 0.1) is 0 Å². The Hall–Kier alpha value is -1.24. The first-order valence-corrected chi connectivity index (χ1v) is 4.73. The molecule has 1 nitrogen and oxygen atoms in total. The van der Waals surface area contributed by atoms with Crippen molar-refractivity contribution in [2.75, 3.05) is 5.32 Å². The van der Waals surface area contributed by atoms with Gasteiger partial charge in [-0.2, -0.15) is 0 Å². The maximum absolute atomic E-state index is 3.48. The predicted octanol–water partition coefficient (Wildman–Crippen LogP) is 3.13. The molecule has 1 aliphatic heterocycles. The molecule has 0 radical (unpaired) electrons. The van der Waals surface area contributed by atoms with E-state index in [2.05, 4.69) is 50.4 Å². The fourth-order valence-corrected chi connectivity index (χ4v) is 1.76. The number of benzene rings is 1. The smallest absolute Gasteiger partial charge is 0.0450 e. The van der Waals surface area contributed by atoms with Crippen LogP contribution in [0.2, 0.25) is 0 Å². The van der Waals surface area contributed by atoms with Crippen LogP contribution in [0.25, 0.3) is 6.08 Å². The summed E-state index contributed by atoms with van der Waals surface area (Å²) in [5.41, 5.74) is 5.32. The summed E-state index contributed by atoms with van der Waals surface area (Å²) < 4.78 is 0. The zero-order valence-electron chi connectivity index (χ0n) is 8.39. The Bertz CT molecular complexity index is 364. The number of aryl methyl sites for hydroxylation is 2. The SMILES string of the molecule is Cc1ccc(C)c2c1C=CC(C)N2. The minimum atomic E-state index is 0.452. The Balaban J connectivity index is 2.60. The third-order valence-corrected chi connectivity index (χ3v) is 2.60. The molecule has 0 saturated heterocycles. The Kier molecular flexibility index (Phi) is 1.87. The lowest BCUT2D eigenvalue weighted by Gasteiger charge is -2.22. The summed E-state index contributed by atoms with van der Waals surface area (Å²) in [6, 6.07) is 4.80. The molecule has 1 aromatic carbocycles. The first kappa shape index (κ1) is 8.36. The largest absolute Gasteiger partial charge is 0.378 e. The van der Waals surface area contributed by atoms with Gasteiger partial charge in [-0.3, -0.25) is 0 Å². The first-order valence-electron chi connectivity index (χ1n) is 4.73. The standard InChI is InChI=1S/C12H15N/c1-8-4-5-9(2)12-11(8)7-6-10(3)13-12/h4-7,10,13H,1-3H3. The van der Waals surface area contributed by atoms with E-state index in [1.54, 1.807) is 0 Å². The van der Waals surface area contributed by atoms with Crippen LogP contribution in [0.1, 0.15) is 23.6 Å². The minimum Gasteiger partial charge on any atom is -0.378 e. The lowest BCUT2D eigenvalue weighted by Crippen LogP contribution is -2.17. The molecule has 1 heteroatoms. The molecule has 0 bridgehead atoms. The van der Waals surface area contributed by atoms with Crippen molar-refractivity contribution in [3.63, 3.8) is 0 Å². The van der Waals surface area contributed by atoms with Gasteiger partial charge >= 0.3 is 0 Å². The number of anilines is 1. The second-order valence-corrected chi connectivity index (χ2v) is 3.78. The quantitative estimate of drug-likeness (QED) is 0.635. The van der Waals surface area contributed by atoms with E-state index in [1.807, 2.05) is 0 Å². The molecule has 0 fully saturated rings. The Morgan fingerprint density at radius 1 is 1.15 bits per heavy atom. The Morgan fingerprint density at radius 2 is 1.85 bits per heavy atom. The van der Waals surface area contributed by atoms with Crippen LogP contribution in [0.4, 0.5) is 5.69 Å². The van der Waals surface area contributed by atoms with Crippen molar-refractivity contribution in [1.82, 2.24) is 0 Å². The summed E-state index contributed by atoms with van der Waals surface area (Å²) in [4.78, 5) is 0. The van der Waals surface area contributed by atoms with E-state index in [-0.39, 0.29) is 0 Å². The van der Waals surface area contributed by atoms with Gasteiger partial charge < -0.3 is 5.32 Å². The highest BCUT2D eigenvalue weighted by Gasteiger charge is 2.11. The lowest BCUT2D eigenvalue weighted by molar-refractivity contribution is 0.985. The van der Waals surface area contributed by atoms with E-state index in [0.29, 0.717) is 6.04 Å². The molecule has 0 amide bonds. The summed E-state index contributed by atoms with van der Waals surface area (Å²) in [6.45, 7) is 6.47. The monoisotopic (exact) mass is 173 g/mol. The van der Waals surface area contributed by atoms with E-state index in [0.717, 1.165) is 0 Å². The van der Waals surface area contributed by atoms with Crippen LogP contribution in [-0.4, -0.2) is 6.04 Å². The Morgan fingerprint density at radius 3 is 2.62 bits per heavy atom. The van der Waals surface area contributed by atoms with Crippen LogP contribution >= 0.6 is 0 Å². The minimum absolute atomic E-state index is 0.452. The lowest BCUT2D eigenvalue weighted by atomic mass is 9.98. The highest BCUT2D eigenvalue weighted by Crippen LogP contribution is 2.29. The number of rotatable bonds is 0. The summed E-state index contributed by atoms with van der Waals surface area (Å²) in [5.74, 6) is 0. The number of nitrogens with one attached hydrogen (secondary N) is 1. The van der Waals surface area contributed by atoms with Gasteiger partial charge in [-0.25, -0.2) is 0 Å². The maximum atomic E-state index is 3.48. The van der Waals surface area contributed by atoms with Crippen LogP contribution in [0.5, 0.6) is 0 Å². The van der Waals surface area contributed by atoms with Crippen molar-refractivity contribution in [1.29, 1.82) is 0 Å². The zero-order chi connectivity index (χ0) is 9.42. The van der Waals surface area contributed by atoms with E-state index >= 15 is 0 Å². The third kappa shape index (κ3) is 1.35. The van der Waals surface area contributed by atoms with Crippen molar-refractivity contribution < 1.29 is 0 Å². The molecule has 2 rings (SSSR count). The van der Waals surface area contributed by atoms with E-state index < -0.39 is 0 Å². The van der Waals surface area contributed by atoms with E-state index in [9.17, 15) is 0 Å². The third-order valence-electron chi connectivity index (χ3n) is 2.60. The molecule has 13 heavy (non-hydrogen) atoms. The van der Waals surface area contributed by atoms with Gasteiger partial charge in [0.2, 0.25) is 0 Å². The normalized spacial score (nSPS) is 19.5. The predicted molar refractivity (Wildman–Crippen MR) is 58.0 cm³/mol. The van der Waals surface area contributed by atoms with E-state index in [1.165, 1.54) is 22.4 Å². The molecule has 1 aliphatic rings. The van der Waals surface area contributed by atoms with Gasteiger partial charge in [0.1, 0.15) is 0 Å². The summed E-state index contributed by atoms with van der Waals surface area (Å²) >= 11 is 0. The average molecular weight is 173 g/mol. The Labute approximate surface area is 79.5 Å². The number of hydrogen-bond donors (Lipinski definition) is 1. The summed E-state index contributed by atoms with van der Waals surface area (Å²) in [5, 5.41) is 3.48. The fraction of sp³-hybridized carbons (Fsp3) is 0.333. The molecule has 0 saturated carbocycles. The summed E-state index contributed by atoms with van der Waals surface area (Å²) in [7, 11) is 0. The molecule has 1 heterocycles. The number of hydrogen-bond acceptors (Lipinski definition) is 1. The highest BCUT2D eigenvalue weighted by molar-refractivity contribution is 5.75. The second kappa shape index (κ2) is 2.91. The van der Waals surface area contributed by atoms with Gasteiger partial charge in [-0.05, 0) is 31.9 Å². The molecule has 1 aromatic rings. The fourth-order valence-electron chi connectivity index (χ4n) is 1.76. The van der Waals surface area contributed by atoms with Gasteiger partial charge in [0, 0.05) is 17.3 Å². The molecule has 0 aromatic heterocycles. The van der Waals surface area contributed by atoms with Crippen molar-refractivity contribution >= 4 is 11.8 Å². The molecule has 1 N–H and O–H groups in total.